The molecular weight excluding hydrogens is 689 g/mol. The van der Waals surface area contributed by atoms with Crippen molar-refractivity contribution in [2.45, 2.75) is 168 Å². The van der Waals surface area contributed by atoms with Gasteiger partial charge >= 0.3 is 0 Å². The van der Waals surface area contributed by atoms with Gasteiger partial charge in [-0.3, -0.25) is 0 Å². The lowest BCUT2D eigenvalue weighted by Gasteiger charge is -2.46. The molecule has 54 heavy (non-hydrogen) atoms. The van der Waals surface area contributed by atoms with Crippen LogP contribution in [0.15, 0.2) is 108 Å². The molecule has 0 amide bonds. The van der Waals surface area contributed by atoms with Gasteiger partial charge in [0.05, 0.1) is 11.7 Å². The smallest absolute Gasteiger partial charge is 0.261 e. The Bertz CT molecular complexity index is 1580. The number of hydrogen-bond donors (Lipinski definition) is 0. The molecule has 0 spiro atoms. The SMILES string of the molecule is C=C1CC(=C)[C@H](O[Si](c2ccccc2)(c2ccccc2)C(C)(C)C)C/C1=C/C=C1CCC[C@@]2(C)C1CC[C@@H]2[C@@H](C)CCCC(C)(C)O[Si](CC)(CC)CC. The maximum absolute atomic E-state index is 7.65. The molecule has 0 N–H and O–H groups in total. The summed E-state index contributed by atoms with van der Waals surface area (Å²) >= 11 is 0. The summed E-state index contributed by atoms with van der Waals surface area (Å²) in [5.74, 6) is 2.25. The van der Waals surface area contributed by atoms with E-state index in [0.717, 1.165) is 30.3 Å². The third-order valence-corrected chi connectivity index (χ3v) is 24.5. The molecule has 0 saturated heterocycles. The Morgan fingerprint density at radius 2 is 1.46 bits per heavy atom. The zero-order valence-electron chi connectivity index (χ0n) is 36.2. The van der Waals surface area contributed by atoms with Gasteiger partial charge in [-0.05, 0) is 132 Å². The van der Waals surface area contributed by atoms with Crippen LogP contribution in [0.1, 0.15) is 133 Å². The van der Waals surface area contributed by atoms with Crippen LogP contribution < -0.4 is 10.4 Å². The second-order valence-corrected chi connectivity index (χ2v) is 28.4. The second kappa shape index (κ2) is 17.5. The predicted molar refractivity (Wildman–Crippen MR) is 240 cm³/mol. The fourth-order valence-corrected chi connectivity index (χ4v) is 19.2. The van der Waals surface area contributed by atoms with Gasteiger partial charge in [0, 0.05) is 6.42 Å². The minimum atomic E-state index is -2.71. The Hall–Kier alpha value is -2.25. The van der Waals surface area contributed by atoms with Crippen molar-refractivity contribution in [3.8, 4) is 0 Å². The van der Waals surface area contributed by atoms with E-state index in [1.165, 1.54) is 91.0 Å². The van der Waals surface area contributed by atoms with Gasteiger partial charge in [0.25, 0.3) is 8.32 Å². The minimum Gasteiger partial charge on any atom is -0.412 e. The van der Waals surface area contributed by atoms with Gasteiger partial charge in [0.1, 0.15) is 0 Å². The van der Waals surface area contributed by atoms with E-state index >= 15 is 0 Å². The molecule has 0 heterocycles. The Balaban J connectivity index is 1.32. The lowest BCUT2D eigenvalue weighted by molar-refractivity contribution is 0.0704. The Kier molecular flexibility index (Phi) is 13.9. The average Bonchev–Trinajstić information content (AvgIpc) is 3.51. The summed E-state index contributed by atoms with van der Waals surface area (Å²) < 4.78 is 14.6. The monoisotopic (exact) mass is 765 g/mol. The molecule has 0 aromatic heterocycles. The molecule has 2 nitrogen and oxygen atoms in total. The Morgan fingerprint density at radius 3 is 2.02 bits per heavy atom. The van der Waals surface area contributed by atoms with E-state index in [9.17, 15) is 0 Å². The fraction of sp³-hybridized carbons (Fsp3) is 0.600. The molecule has 3 aliphatic carbocycles. The van der Waals surface area contributed by atoms with Crippen molar-refractivity contribution in [3.63, 3.8) is 0 Å². The third kappa shape index (κ3) is 8.98. The molecule has 5 rings (SSSR count). The summed E-state index contributed by atoms with van der Waals surface area (Å²) in [5.41, 5.74) is 5.78. The molecular formula is C50H76O2Si2. The van der Waals surface area contributed by atoms with Crippen LogP contribution in [0, 0.1) is 23.2 Å². The lowest BCUT2D eigenvalue weighted by atomic mass is 9.60. The van der Waals surface area contributed by atoms with Crippen LogP contribution in [0.3, 0.4) is 0 Å². The van der Waals surface area contributed by atoms with Crippen LogP contribution in [0.5, 0.6) is 0 Å². The van der Waals surface area contributed by atoms with Crippen molar-refractivity contribution in [2.24, 2.45) is 23.2 Å². The number of benzene rings is 2. The number of fused-ring (bicyclic) bond motifs is 1. The van der Waals surface area contributed by atoms with E-state index in [1.807, 2.05) is 0 Å². The van der Waals surface area contributed by atoms with E-state index in [-0.39, 0.29) is 16.7 Å². The highest BCUT2D eigenvalue weighted by Gasteiger charge is 2.53. The number of allylic oxidation sites excluding steroid dienone is 4. The standard InChI is InChI=1S/C50H76O2Si2/c1-13-53(14-2,15-3)52-49(10,11)34-22-24-38(4)45-32-33-46-41(25-23-35-50(45,46)12)30-31-42-37-47(40(6)36-39(42)5)51-54(48(7,8)9,43-26-18-16-19-27-43)44-28-20-17-21-29-44/h16-21,26-31,38,45-47H,5-6,13-15,22-25,32-37H2,1-4,7-12H3/b41-30?,42-31-/t38-,45+,46?,47+,50+/m0/s1. The van der Waals surface area contributed by atoms with Crippen LogP contribution in [0.4, 0.5) is 0 Å². The highest BCUT2D eigenvalue weighted by molar-refractivity contribution is 6.99. The molecule has 4 heteroatoms. The van der Waals surface area contributed by atoms with E-state index in [2.05, 4.69) is 155 Å². The molecule has 1 unspecified atom stereocenters. The van der Waals surface area contributed by atoms with Crippen molar-refractivity contribution in [1.29, 1.82) is 0 Å². The molecule has 0 radical (unpaired) electrons. The molecule has 2 aromatic rings. The highest BCUT2D eigenvalue weighted by Crippen LogP contribution is 2.60. The van der Waals surface area contributed by atoms with Gasteiger partial charge in [0.2, 0.25) is 0 Å². The molecule has 0 aliphatic heterocycles. The first-order valence-corrected chi connectivity index (χ1v) is 26.2. The number of hydrogen-bond acceptors (Lipinski definition) is 2. The minimum absolute atomic E-state index is 0.0105. The van der Waals surface area contributed by atoms with Crippen LogP contribution >= 0.6 is 0 Å². The summed E-state index contributed by atoms with van der Waals surface area (Å²) in [6.07, 6.45) is 17.0. The van der Waals surface area contributed by atoms with Gasteiger partial charge < -0.3 is 8.85 Å². The van der Waals surface area contributed by atoms with Crippen LogP contribution in [-0.4, -0.2) is 28.3 Å². The third-order valence-electron chi connectivity index (χ3n) is 14.6. The normalized spacial score (nSPS) is 26.4. The summed E-state index contributed by atoms with van der Waals surface area (Å²) in [6.45, 7) is 33.3. The Morgan fingerprint density at radius 1 is 0.870 bits per heavy atom. The molecule has 5 atom stereocenters. The maximum Gasteiger partial charge on any atom is 0.261 e. The number of rotatable bonds is 15. The first-order valence-electron chi connectivity index (χ1n) is 21.8. The zero-order valence-corrected chi connectivity index (χ0v) is 38.2. The maximum atomic E-state index is 7.65. The predicted octanol–water partition coefficient (Wildman–Crippen LogP) is 13.5. The lowest BCUT2D eigenvalue weighted by Crippen LogP contribution is -2.68. The molecule has 0 bridgehead atoms. The topological polar surface area (TPSA) is 18.5 Å². The van der Waals surface area contributed by atoms with Crippen LogP contribution in [0.25, 0.3) is 0 Å². The van der Waals surface area contributed by atoms with Crippen molar-refractivity contribution in [1.82, 2.24) is 0 Å². The summed E-state index contributed by atoms with van der Waals surface area (Å²) in [4.78, 5) is 0. The van der Waals surface area contributed by atoms with Gasteiger partial charge in [-0.1, -0.05) is 160 Å². The molecule has 3 fully saturated rings. The largest absolute Gasteiger partial charge is 0.412 e. The van der Waals surface area contributed by atoms with E-state index in [1.54, 1.807) is 5.57 Å². The summed E-state index contributed by atoms with van der Waals surface area (Å²) in [6, 6.07) is 25.8. The summed E-state index contributed by atoms with van der Waals surface area (Å²) in [5, 5.41) is 2.57. The first kappa shape index (κ1) is 42.9. The fourth-order valence-electron chi connectivity index (χ4n) is 11.3. The van der Waals surface area contributed by atoms with E-state index < -0.39 is 16.6 Å². The highest BCUT2D eigenvalue weighted by atomic mass is 28.4. The van der Waals surface area contributed by atoms with Gasteiger partial charge in [-0.15, -0.1) is 0 Å². The molecule has 3 aliphatic rings. The van der Waals surface area contributed by atoms with Crippen LogP contribution in [0.2, 0.25) is 23.2 Å². The molecule has 2 aromatic carbocycles. The quantitative estimate of drug-likeness (QED) is 0.133. The van der Waals surface area contributed by atoms with Crippen molar-refractivity contribution in [2.75, 3.05) is 0 Å². The zero-order chi connectivity index (χ0) is 39.4. The molecule has 3 saturated carbocycles. The van der Waals surface area contributed by atoms with Gasteiger partial charge in [-0.2, -0.15) is 0 Å². The van der Waals surface area contributed by atoms with Crippen LogP contribution in [-0.2, 0) is 8.85 Å². The first-order chi connectivity index (χ1) is 25.5. The molecule has 296 valence electrons. The second-order valence-electron chi connectivity index (χ2n) is 19.4. The van der Waals surface area contributed by atoms with Gasteiger partial charge in [0.15, 0.2) is 8.32 Å². The average molecular weight is 765 g/mol. The van der Waals surface area contributed by atoms with Crippen molar-refractivity contribution in [3.05, 3.63) is 108 Å². The Labute approximate surface area is 334 Å². The van der Waals surface area contributed by atoms with E-state index in [0.29, 0.717) is 11.3 Å². The summed E-state index contributed by atoms with van der Waals surface area (Å²) in [7, 11) is -4.31. The van der Waals surface area contributed by atoms with Crippen molar-refractivity contribution < 1.29 is 8.85 Å². The van der Waals surface area contributed by atoms with E-state index in [4.69, 9.17) is 8.85 Å². The van der Waals surface area contributed by atoms with Crippen molar-refractivity contribution >= 4 is 27.0 Å². The van der Waals surface area contributed by atoms with Gasteiger partial charge in [-0.25, -0.2) is 0 Å².